The fourth-order valence-corrected chi connectivity index (χ4v) is 3.98. The fourth-order valence-electron chi connectivity index (χ4n) is 3.98. The Morgan fingerprint density at radius 1 is 1.09 bits per heavy atom. The average Bonchev–Trinajstić information content (AvgIpc) is 3.25. The van der Waals surface area contributed by atoms with Crippen LogP contribution in [0.15, 0.2) is 54.7 Å². The van der Waals surface area contributed by atoms with Gasteiger partial charge in [0.2, 0.25) is 0 Å². The molecule has 1 fully saturated rings. The number of nitrogens with one attached hydrogen (secondary N) is 1. The van der Waals surface area contributed by atoms with E-state index in [9.17, 15) is 18.0 Å². The van der Waals surface area contributed by atoms with Gasteiger partial charge in [-0.1, -0.05) is 31.4 Å². The number of amides is 1. The highest BCUT2D eigenvalue weighted by atomic mass is 19.4. The number of ether oxygens (including phenoxy) is 1. The monoisotopic (exact) mass is 443 g/mol. The zero-order valence-corrected chi connectivity index (χ0v) is 17.7. The lowest BCUT2D eigenvalue weighted by atomic mass is 9.95. The Kier molecular flexibility index (Phi) is 6.21. The largest absolute Gasteiger partial charge is 0.497 e. The number of benzene rings is 2. The predicted molar refractivity (Wildman–Crippen MR) is 115 cm³/mol. The zero-order valence-electron chi connectivity index (χ0n) is 17.7. The molecule has 1 aromatic heterocycles. The summed E-state index contributed by atoms with van der Waals surface area (Å²) in [7, 11) is 1.56. The first-order chi connectivity index (χ1) is 15.3. The fraction of sp³-hybridized carbons (Fsp3) is 0.333. The minimum atomic E-state index is -4.42. The van der Waals surface area contributed by atoms with E-state index in [4.69, 9.17) is 4.74 Å². The minimum absolute atomic E-state index is 0.102. The van der Waals surface area contributed by atoms with Crippen molar-refractivity contribution in [3.63, 3.8) is 0 Å². The summed E-state index contributed by atoms with van der Waals surface area (Å²) in [5.41, 5.74) is 1.23. The summed E-state index contributed by atoms with van der Waals surface area (Å²) in [5, 5.41) is 7.53. The predicted octanol–water partition coefficient (Wildman–Crippen LogP) is 5.63. The highest BCUT2D eigenvalue weighted by Crippen LogP contribution is 2.31. The van der Waals surface area contributed by atoms with Gasteiger partial charge in [0, 0.05) is 17.8 Å². The van der Waals surface area contributed by atoms with E-state index in [0.29, 0.717) is 17.0 Å². The number of hydrogen-bond donors (Lipinski definition) is 1. The van der Waals surface area contributed by atoms with Crippen molar-refractivity contribution in [1.82, 2.24) is 15.1 Å². The van der Waals surface area contributed by atoms with E-state index in [2.05, 4.69) is 10.4 Å². The van der Waals surface area contributed by atoms with Crippen molar-refractivity contribution in [3.8, 4) is 22.6 Å². The van der Waals surface area contributed by atoms with Crippen LogP contribution in [-0.4, -0.2) is 28.8 Å². The quantitative estimate of drug-likeness (QED) is 0.556. The number of nitrogens with zero attached hydrogens (tertiary/aromatic N) is 2. The van der Waals surface area contributed by atoms with Gasteiger partial charge in [0.05, 0.1) is 18.4 Å². The number of halogens is 3. The molecule has 0 radical (unpaired) electrons. The molecule has 5 nitrogen and oxygen atoms in total. The van der Waals surface area contributed by atoms with Crippen molar-refractivity contribution in [2.75, 3.05) is 7.11 Å². The third-order valence-electron chi connectivity index (χ3n) is 5.71. The number of alkyl halides is 3. The third kappa shape index (κ3) is 4.79. The highest BCUT2D eigenvalue weighted by molar-refractivity contribution is 5.99. The third-order valence-corrected chi connectivity index (χ3v) is 5.71. The van der Waals surface area contributed by atoms with Crippen molar-refractivity contribution in [2.24, 2.45) is 0 Å². The first-order valence-corrected chi connectivity index (χ1v) is 10.6. The summed E-state index contributed by atoms with van der Waals surface area (Å²) in [4.78, 5) is 13.1. The van der Waals surface area contributed by atoms with E-state index in [-0.39, 0.29) is 17.6 Å². The molecule has 1 aliphatic carbocycles. The van der Waals surface area contributed by atoms with Crippen LogP contribution in [0.5, 0.6) is 5.75 Å². The van der Waals surface area contributed by atoms with Gasteiger partial charge in [-0.15, -0.1) is 0 Å². The van der Waals surface area contributed by atoms with Gasteiger partial charge in [0.1, 0.15) is 5.75 Å². The molecule has 2 aromatic carbocycles. The van der Waals surface area contributed by atoms with Crippen molar-refractivity contribution in [1.29, 1.82) is 0 Å². The molecule has 3 aromatic rings. The maximum Gasteiger partial charge on any atom is 0.416 e. The van der Waals surface area contributed by atoms with E-state index in [1.807, 2.05) is 12.1 Å². The molecule has 0 bridgehead atoms. The van der Waals surface area contributed by atoms with Gasteiger partial charge in [-0.2, -0.15) is 18.3 Å². The Balaban J connectivity index is 1.71. The van der Waals surface area contributed by atoms with Crippen LogP contribution >= 0.6 is 0 Å². The SMILES string of the molecule is COc1cccc(-c2cn(-c3ccc(C(F)(F)F)cc3)nc2C(=O)NC2CCCCC2)c1. The van der Waals surface area contributed by atoms with E-state index < -0.39 is 11.7 Å². The van der Waals surface area contributed by atoms with Crippen molar-refractivity contribution < 1.29 is 22.7 Å². The summed E-state index contributed by atoms with van der Waals surface area (Å²) < 4.78 is 45.5. The first kappa shape index (κ1) is 21.9. The molecule has 0 saturated heterocycles. The maximum atomic E-state index is 13.1. The topological polar surface area (TPSA) is 56.2 Å². The van der Waals surface area contributed by atoms with E-state index in [0.717, 1.165) is 43.4 Å². The van der Waals surface area contributed by atoms with Crippen LogP contribution < -0.4 is 10.1 Å². The van der Waals surface area contributed by atoms with Crippen molar-refractivity contribution in [3.05, 3.63) is 66.0 Å². The standard InChI is InChI=1S/C24H24F3N3O2/c1-32-20-9-5-6-16(14-20)21-15-30(19-12-10-17(11-13-19)24(25,26)27)29-22(21)23(31)28-18-7-3-2-4-8-18/h5-6,9-15,18H,2-4,7-8H2,1H3,(H,28,31). The number of methoxy groups -OCH3 is 1. The molecule has 1 saturated carbocycles. The van der Waals surface area contributed by atoms with Gasteiger partial charge in [-0.05, 0) is 54.8 Å². The Morgan fingerprint density at radius 2 is 1.81 bits per heavy atom. The van der Waals surface area contributed by atoms with E-state index >= 15 is 0 Å². The maximum absolute atomic E-state index is 13.1. The Morgan fingerprint density at radius 3 is 2.47 bits per heavy atom. The van der Waals surface area contributed by atoms with Crippen molar-refractivity contribution >= 4 is 5.91 Å². The van der Waals surface area contributed by atoms with Gasteiger partial charge < -0.3 is 10.1 Å². The van der Waals surface area contributed by atoms with Gasteiger partial charge in [-0.3, -0.25) is 4.79 Å². The average molecular weight is 443 g/mol. The Hall–Kier alpha value is -3.29. The van der Waals surface area contributed by atoms with Crippen LogP contribution in [0, 0.1) is 0 Å². The molecule has 1 amide bonds. The van der Waals surface area contributed by atoms with Crippen LogP contribution in [0.4, 0.5) is 13.2 Å². The number of aromatic nitrogens is 2. The number of hydrogen-bond acceptors (Lipinski definition) is 3. The molecule has 1 aliphatic rings. The van der Waals surface area contributed by atoms with Gasteiger partial charge >= 0.3 is 6.18 Å². The first-order valence-electron chi connectivity index (χ1n) is 10.6. The molecular formula is C24H24F3N3O2. The van der Waals surface area contributed by atoms with Gasteiger partial charge in [0.15, 0.2) is 5.69 Å². The summed E-state index contributed by atoms with van der Waals surface area (Å²) in [6.07, 6.45) is 2.43. The Bertz CT molecular complexity index is 1080. The summed E-state index contributed by atoms with van der Waals surface area (Å²) in [6.45, 7) is 0. The molecule has 32 heavy (non-hydrogen) atoms. The molecule has 0 aliphatic heterocycles. The number of carbonyl (C=O) groups is 1. The minimum Gasteiger partial charge on any atom is -0.497 e. The lowest BCUT2D eigenvalue weighted by Gasteiger charge is -2.22. The Labute approximate surface area is 184 Å². The number of carbonyl (C=O) groups excluding carboxylic acids is 1. The van der Waals surface area contributed by atoms with Crippen LogP contribution in [0.3, 0.4) is 0 Å². The molecule has 0 unspecified atom stereocenters. The van der Waals surface area contributed by atoms with Crippen LogP contribution in [-0.2, 0) is 6.18 Å². The summed E-state index contributed by atoms with van der Waals surface area (Å²) in [5.74, 6) is 0.337. The summed E-state index contributed by atoms with van der Waals surface area (Å²) >= 11 is 0. The molecule has 1 heterocycles. The molecule has 0 atom stereocenters. The normalized spacial score (nSPS) is 14.9. The van der Waals surface area contributed by atoms with E-state index in [1.54, 1.807) is 25.4 Å². The summed E-state index contributed by atoms with van der Waals surface area (Å²) in [6, 6.07) is 12.0. The van der Waals surface area contributed by atoms with Gasteiger partial charge in [-0.25, -0.2) is 4.68 Å². The van der Waals surface area contributed by atoms with Crippen LogP contribution in [0.25, 0.3) is 16.8 Å². The van der Waals surface area contributed by atoms with E-state index in [1.165, 1.54) is 23.2 Å². The highest BCUT2D eigenvalue weighted by Gasteiger charge is 2.30. The molecular weight excluding hydrogens is 419 g/mol. The molecule has 8 heteroatoms. The van der Waals surface area contributed by atoms with Crippen molar-refractivity contribution in [2.45, 2.75) is 44.3 Å². The lowest BCUT2D eigenvalue weighted by Crippen LogP contribution is -2.36. The smallest absolute Gasteiger partial charge is 0.416 e. The molecule has 4 rings (SSSR count). The van der Waals surface area contributed by atoms with Gasteiger partial charge in [0.25, 0.3) is 5.91 Å². The second kappa shape index (κ2) is 9.06. The second-order valence-corrected chi connectivity index (χ2v) is 7.92. The number of rotatable bonds is 5. The van der Waals surface area contributed by atoms with Crippen LogP contribution in [0.2, 0.25) is 0 Å². The van der Waals surface area contributed by atoms with Crippen LogP contribution in [0.1, 0.15) is 48.2 Å². The molecule has 0 spiro atoms. The zero-order chi connectivity index (χ0) is 22.7. The molecule has 1 N–H and O–H groups in total. The molecule has 168 valence electrons. The second-order valence-electron chi connectivity index (χ2n) is 7.92. The lowest BCUT2D eigenvalue weighted by molar-refractivity contribution is -0.137.